The predicted molar refractivity (Wildman–Crippen MR) is 102 cm³/mol. The number of ether oxygens (including phenoxy) is 2. The maximum atomic E-state index is 12.8. The number of urea groups is 1. The molecule has 28 heavy (non-hydrogen) atoms. The molecular formula is C20H19ClN2O5. The largest absolute Gasteiger partial charge is 0.496 e. The number of nitrogens with zero attached hydrogens (tertiary/aromatic N) is 1. The molecule has 1 saturated heterocycles. The van der Waals surface area contributed by atoms with E-state index in [1.54, 1.807) is 49.4 Å². The molecule has 8 heteroatoms. The SMILES string of the molecule is COc1ccc(Cl)cc1COC(=O)CN1C(=O)N[C@@](C)(c2ccccc2)C1=O. The normalized spacial score (nSPS) is 18.8. The van der Waals surface area contributed by atoms with Crippen molar-refractivity contribution in [2.45, 2.75) is 19.1 Å². The highest BCUT2D eigenvalue weighted by Crippen LogP contribution is 2.28. The van der Waals surface area contributed by atoms with Crippen LogP contribution in [-0.4, -0.2) is 36.5 Å². The van der Waals surface area contributed by atoms with Crippen molar-refractivity contribution in [2.24, 2.45) is 0 Å². The number of imide groups is 1. The Morgan fingerprint density at radius 2 is 1.89 bits per heavy atom. The Kier molecular flexibility index (Phi) is 5.56. The zero-order valence-corrected chi connectivity index (χ0v) is 16.2. The second-order valence-electron chi connectivity index (χ2n) is 6.43. The van der Waals surface area contributed by atoms with Gasteiger partial charge in [-0.25, -0.2) is 4.79 Å². The van der Waals surface area contributed by atoms with Gasteiger partial charge in [-0.15, -0.1) is 0 Å². The van der Waals surface area contributed by atoms with E-state index < -0.39 is 30.0 Å². The fourth-order valence-electron chi connectivity index (χ4n) is 3.00. The maximum Gasteiger partial charge on any atom is 0.326 e. The van der Waals surface area contributed by atoms with Gasteiger partial charge in [0.15, 0.2) is 0 Å². The van der Waals surface area contributed by atoms with Crippen LogP contribution in [0.25, 0.3) is 0 Å². The Hall–Kier alpha value is -3.06. The number of hydrogen-bond acceptors (Lipinski definition) is 5. The Labute approximate surface area is 167 Å². The molecule has 1 heterocycles. The Morgan fingerprint density at radius 3 is 2.57 bits per heavy atom. The standard InChI is InChI=1S/C20H19ClN2O5/c1-20(14-6-4-3-5-7-14)18(25)23(19(26)22-20)11-17(24)28-12-13-10-15(21)8-9-16(13)27-2/h3-10H,11-12H2,1-2H3,(H,22,26)/t20-/m0/s1. The monoisotopic (exact) mass is 402 g/mol. The highest BCUT2D eigenvalue weighted by atomic mass is 35.5. The molecule has 0 spiro atoms. The summed E-state index contributed by atoms with van der Waals surface area (Å²) in [5.74, 6) is -0.715. The molecule has 146 valence electrons. The molecule has 0 radical (unpaired) electrons. The first-order valence-electron chi connectivity index (χ1n) is 8.53. The van der Waals surface area contributed by atoms with Crippen molar-refractivity contribution in [3.05, 3.63) is 64.7 Å². The third kappa shape index (κ3) is 3.80. The first-order chi connectivity index (χ1) is 13.3. The molecule has 1 aliphatic heterocycles. The molecule has 0 aliphatic carbocycles. The summed E-state index contributed by atoms with van der Waals surface area (Å²) in [4.78, 5) is 38.1. The van der Waals surface area contributed by atoms with Gasteiger partial charge in [0, 0.05) is 10.6 Å². The smallest absolute Gasteiger partial charge is 0.326 e. The number of benzene rings is 2. The van der Waals surface area contributed by atoms with Gasteiger partial charge in [0.1, 0.15) is 24.4 Å². The molecule has 1 fully saturated rings. The average Bonchev–Trinajstić information content (AvgIpc) is 2.91. The van der Waals surface area contributed by atoms with Crippen LogP contribution in [0.2, 0.25) is 5.02 Å². The van der Waals surface area contributed by atoms with E-state index in [4.69, 9.17) is 21.1 Å². The molecule has 3 rings (SSSR count). The molecule has 0 bridgehead atoms. The number of carbonyl (C=O) groups is 3. The molecule has 2 aromatic rings. The molecule has 1 N–H and O–H groups in total. The van der Waals surface area contributed by atoms with Gasteiger partial charge in [0.2, 0.25) is 0 Å². The lowest BCUT2D eigenvalue weighted by Gasteiger charge is -2.22. The molecular weight excluding hydrogens is 384 g/mol. The fourth-order valence-corrected chi connectivity index (χ4v) is 3.20. The van der Waals surface area contributed by atoms with Gasteiger partial charge in [0.05, 0.1) is 7.11 Å². The molecule has 3 amide bonds. The summed E-state index contributed by atoms with van der Waals surface area (Å²) in [5.41, 5.74) is -0.0167. The van der Waals surface area contributed by atoms with Gasteiger partial charge in [0.25, 0.3) is 5.91 Å². The van der Waals surface area contributed by atoms with Crippen LogP contribution in [0.3, 0.4) is 0 Å². The summed E-state index contributed by atoms with van der Waals surface area (Å²) in [5, 5.41) is 3.12. The predicted octanol–water partition coefficient (Wildman–Crippen LogP) is 2.86. The van der Waals surface area contributed by atoms with Gasteiger partial charge in [-0.05, 0) is 30.7 Å². The van der Waals surface area contributed by atoms with E-state index in [0.29, 0.717) is 21.9 Å². The van der Waals surface area contributed by atoms with Crippen molar-refractivity contribution in [1.82, 2.24) is 10.2 Å². The van der Waals surface area contributed by atoms with Crippen LogP contribution >= 0.6 is 11.6 Å². The Bertz CT molecular complexity index is 918. The van der Waals surface area contributed by atoms with Crippen LogP contribution in [0.4, 0.5) is 4.79 Å². The highest BCUT2D eigenvalue weighted by molar-refractivity contribution is 6.30. The minimum atomic E-state index is -1.23. The van der Waals surface area contributed by atoms with E-state index in [2.05, 4.69) is 5.32 Å². The summed E-state index contributed by atoms with van der Waals surface area (Å²) < 4.78 is 10.4. The second-order valence-corrected chi connectivity index (χ2v) is 6.87. The topological polar surface area (TPSA) is 84.9 Å². The van der Waals surface area contributed by atoms with Crippen LogP contribution in [0.1, 0.15) is 18.1 Å². The van der Waals surface area contributed by atoms with Crippen LogP contribution < -0.4 is 10.1 Å². The molecule has 0 aromatic heterocycles. The highest BCUT2D eigenvalue weighted by Gasteiger charge is 2.49. The number of halogens is 1. The Morgan fingerprint density at radius 1 is 1.18 bits per heavy atom. The van der Waals surface area contributed by atoms with Gasteiger partial charge in [-0.2, -0.15) is 0 Å². The number of methoxy groups -OCH3 is 1. The molecule has 0 unspecified atom stereocenters. The van der Waals surface area contributed by atoms with Gasteiger partial charge >= 0.3 is 12.0 Å². The minimum absolute atomic E-state index is 0.0951. The van der Waals surface area contributed by atoms with E-state index in [0.717, 1.165) is 4.90 Å². The number of carbonyl (C=O) groups excluding carboxylic acids is 3. The summed E-state index contributed by atoms with van der Waals surface area (Å²) in [6.45, 7) is 1.02. The lowest BCUT2D eigenvalue weighted by molar-refractivity contribution is -0.148. The lowest BCUT2D eigenvalue weighted by Crippen LogP contribution is -2.41. The van der Waals surface area contributed by atoms with Crippen molar-refractivity contribution >= 4 is 29.5 Å². The number of amides is 3. The van der Waals surface area contributed by atoms with E-state index in [-0.39, 0.29) is 6.61 Å². The van der Waals surface area contributed by atoms with E-state index in [1.807, 2.05) is 6.07 Å². The van der Waals surface area contributed by atoms with Crippen molar-refractivity contribution in [2.75, 3.05) is 13.7 Å². The van der Waals surface area contributed by atoms with Crippen LogP contribution in [-0.2, 0) is 26.5 Å². The second kappa shape index (κ2) is 7.90. The van der Waals surface area contributed by atoms with Crippen LogP contribution in [0, 0.1) is 0 Å². The third-order valence-corrected chi connectivity index (χ3v) is 4.78. The molecule has 0 saturated carbocycles. The van der Waals surface area contributed by atoms with Crippen molar-refractivity contribution in [3.63, 3.8) is 0 Å². The first-order valence-corrected chi connectivity index (χ1v) is 8.90. The lowest BCUT2D eigenvalue weighted by atomic mass is 9.92. The summed E-state index contributed by atoms with van der Waals surface area (Å²) in [6, 6.07) is 13.1. The van der Waals surface area contributed by atoms with Crippen LogP contribution in [0.15, 0.2) is 48.5 Å². The van der Waals surface area contributed by atoms with E-state index in [1.165, 1.54) is 7.11 Å². The number of esters is 1. The molecule has 7 nitrogen and oxygen atoms in total. The van der Waals surface area contributed by atoms with Gasteiger partial charge < -0.3 is 14.8 Å². The van der Waals surface area contributed by atoms with Gasteiger partial charge in [-0.3, -0.25) is 14.5 Å². The van der Waals surface area contributed by atoms with Crippen molar-refractivity contribution in [3.8, 4) is 5.75 Å². The summed E-state index contributed by atoms with van der Waals surface area (Å²) >= 11 is 5.95. The zero-order valence-electron chi connectivity index (χ0n) is 15.4. The third-order valence-electron chi connectivity index (χ3n) is 4.54. The number of hydrogen-bond donors (Lipinski definition) is 1. The van der Waals surface area contributed by atoms with E-state index >= 15 is 0 Å². The fraction of sp³-hybridized carbons (Fsp3) is 0.250. The maximum absolute atomic E-state index is 12.8. The van der Waals surface area contributed by atoms with Crippen molar-refractivity contribution < 1.29 is 23.9 Å². The quantitative estimate of drug-likeness (QED) is 0.593. The van der Waals surface area contributed by atoms with Gasteiger partial charge in [-0.1, -0.05) is 41.9 Å². The number of rotatable bonds is 6. The molecule has 1 atom stereocenters. The number of nitrogens with one attached hydrogen (secondary N) is 1. The van der Waals surface area contributed by atoms with Crippen LogP contribution in [0.5, 0.6) is 5.75 Å². The summed E-state index contributed by atoms with van der Waals surface area (Å²) in [6.07, 6.45) is 0. The minimum Gasteiger partial charge on any atom is -0.496 e. The average molecular weight is 403 g/mol. The first kappa shape index (κ1) is 19.7. The Balaban J connectivity index is 1.67. The van der Waals surface area contributed by atoms with Crippen molar-refractivity contribution in [1.29, 1.82) is 0 Å². The zero-order chi connectivity index (χ0) is 20.3. The summed E-state index contributed by atoms with van der Waals surface area (Å²) in [7, 11) is 1.49. The molecule has 2 aromatic carbocycles. The molecule has 1 aliphatic rings. The van der Waals surface area contributed by atoms with E-state index in [9.17, 15) is 14.4 Å².